The first-order chi connectivity index (χ1) is 13.9. The highest BCUT2D eigenvalue weighted by Crippen LogP contribution is 2.47. The molecule has 1 amide bonds. The molecule has 0 unspecified atom stereocenters. The lowest BCUT2D eigenvalue weighted by Gasteiger charge is -2.07. The Balaban J connectivity index is 2.06. The number of hydrogen-bond acceptors (Lipinski definition) is 7. The zero-order chi connectivity index (χ0) is 21.0. The molecule has 8 heteroatoms. The van der Waals surface area contributed by atoms with Gasteiger partial charge in [-0.15, -0.1) is 0 Å². The van der Waals surface area contributed by atoms with Crippen LogP contribution in [0.5, 0.6) is 23.0 Å². The monoisotopic (exact) mass is 397 g/mol. The summed E-state index contributed by atoms with van der Waals surface area (Å²) in [5, 5.41) is 13.1. The van der Waals surface area contributed by atoms with Crippen LogP contribution in [-0.2, 0) is 4.79 Å². The minimum atomic E-state index is -0.689. The van der Waals surface area contributed by atoms with Crippen molar-refractivity contribution in [3.05, 3.63) is 54.1 Å². The van der Waals surface area contributed by atoms with Gasteiger partial charge < -0.3 is 23.7 Å². The second-order valence-corrected chi connectivity index (χ2v) is 5.95. The zero-order valence-electron chi connectivity index (χ0n) is 16.0. The van der Waals surface area contributed by atoms with Crippen molar-refractivity contribution < 1.29 is 33.3 Å². The molecule has 1 heterocycles. The summed E-state index contributed by atoms with van der Waals surface area (Å²) in [5.41, 5.74) is 0.758. The number of carbonyl (C=O) groups is 2. The Labute approximate surface area is 166 Å². The first-order valence-electron chi connectivity index (χ1n) is 8.57. The van der Waals surface area contributed by atoms with E-state index in [0.29, 0.717) is 22.6 Å². The molecular formula is C21H19NO7. The summed E-state index contributed by atoms with van der Waals surface area (Å²) >= 11 is 0. The van der Waals surface area contributed by atoms with Crippen LogP contribution in [0.2, 0.25) is 0 Å². The Morgan fingerprint density at radius 3 is 2.17 bits per heavy atom. The summed E-state index contributed by atoms with van der Waals surface area (Å²) in [6.07, 6.45) is 0. The van der Waals surface area contributed by atoms with Crippen LogP contribution in [0.1, 0.15) is 17.3 Å². The Morgan fingerprint density at radius 1 is 1.00 bits per heavy atom. The van der Waals surface area contributed by atoms with Gasteiger partial charge in [0.15, 0.2) is 5.76 Å². The van der Waals surface area contributed by atoms with Crippen molar-refractivity contribution in [2.45, 2.75) is 6.92 Å². The van der Waals surface area contributed by atoms with E-state index in [4.69, 9.17) is 18.6 Å². The van der Waals surface area contributed by atoms with Crippen LogP contribution < -0.4 is 19.5 Å². The van der Waals surface area contributed by atoms with Crippen molar-refractivity contribution in [3.8, 4) is 34.3 Å². The molecule has 2 aromatic carbocycles. The van der Waals surface area contributed by atoms with E-state index in [-0.39, 0.29) is 17.4 Å². The molecule has 0 aliphatic rings. The molecule has 0 atom stereocenters. The molecule has 0 fully saturated rings. The summed E-state index contributed by atoms with van der Waals surface area (Å²) in [5.74, 6) is -1.24. The minimum absolute atomic E-state index is 0.0261. The topological polar surface area (TPSA) is 107 Å². The average molecular weight is 397 g/mol. The Kier molecular flexibility index (Phi) is 5.73. The summed E-state index contributed by atoms with van der Waals surface area (Å²) < 4.78 is 21.2. The average Bonchev–Trinajstić information content (AvgIpc) is 3.03. The number of rotatable bonds is 6. The Bertz CT molecular complexity index is 1020. The van der Waals surface area contributed by atoms with Crippen molar-refractivity contribution >= 4 is 17.8 Å². The highest BCUT2D eigenvalue weighted by molar-refractivity contribution is 6.05. The molecule has 150 valence electrons. The van der Waals surface area contributed by atoms with Crippen molar-refractivity contribution in [2.75, 3.05) is 19.5 Å². The highest BCUT2D eigenvalue weighted by atomic mass is 16.6. The van der Waals surface area contributed by atoms with E-state index in [9.17, 15) is 14.7 Å². The maximum absolute atomic E-state index is 12.5. The van der Waals surface area contributed by atoms with Crippen LogP contribution in [0.25, 0.3) is 11.3 Å². The number of anilines is 1. The number of aromatic hydroxyl groups is 1. The van der Waals surface area contributed by atoms with Crippen LogP contribution in [0, 0.1) is 0 Å². The predicted molar refractivity (Wildman–Crippen MR) is 105 cm³/mol. The third kappa shape index (κ3) is 4.32. The molecule has 0 aliphatic carbocycles. The molecule has 1 aromatic heterocycles. The van der Waals surface area contributed by atoms with E-state index < -0.39 is 17.6 Å². The predicted octanol–water partition coefficient (Wildman–Crippen LogP) is 3.85. The van der Waals surface area contributed by atoms with Gasteiger partial charge in [0.25, 0.3) is 5.91 Å². The van der Waals surface area contributed by atoms with E-state index >= 15 is 0 Å². The molecule has 3 rings (SSSR count). The molecule has 3 aromatic rings. The van der Waals surface area contributed by atoms with E-state index in [0.717, 1.165) is 0 Å². The standard InChI is InChI=1S/C21H19NO7/c1-12(23)28-19-17(24)18(14-9-15(26-2)11-16(10-14)27-3)29-21(19)22-20(25)13-7-5-4-6-8-13/h4-11,24H,1-3H3,(H,22,25). The number of ether oxygens (including phenoxy) is 3. The Hall–Kier alpha value is -3.94. The maximum Gasteiger partial charge on any atom is 0.308 e. The molecule has 0 saturated carbocycles. The number of nitrogens with one attached hydrogen (secondary N) is 1. The SMILES string of the molecule is COc1cc(OC)cc(-c2oc(NC(=O)c3ccccc3)c(OC(C)=O)c2O)c1. The van der Waals surface area contributed by atoms with Crippen molar-refractivity contribution in [1.29, 1.82) is 0 Å². The van der Waals surface area contributed by atoms with Gasteiger partial charge >= 0.3 is 5.97 Å². The lowest BCUT2D eigenvalue weighted by molar-refractivity contribution is -0.132. The summed E-state index contributed by atoms with van der Waals surface area (Å²) in [6, 6.07) is 13.2. The largest absolute Gasteiger partial charge is 0.502 e. The Morgan fingerprint density at radius 2 is 1.62 bits per heavy atom. The quantitative estimate of drug-likeness (QED) is 0.608. The van der Waals surface area contributed by atoms with Crippen LogP contribution in [0.15, 0.2) is 52.9 Å². The first kappa shape index (κ1) is 19.8. The number of hydrogen-bond donors (Lipinski definition) is 2. The molecule has 2 N–H and O–H groups in total. The fourth-order valence-electron chi connectivity index (χ4n) is 2.63. The fourth-order valence-corrected chi connectivity index (χ4v) is 2.63. The smallest absolute Gasteiger partial charge is 0.308 e. The third-order valence-electron chi connectivity index (χ3n) is 3.96. The molecule has 0 bridgehead atoms. The molecule has 29 heavy (non-hydrogen) atoms. The van der Waals surface area contributed by atoms with Crippen molar-refractivity contribution in [1.82, 2.24) is 0 Å². The molecule has 0 saturated heterocycles. The summed E-state index contributed by atoms with van der Waals surface area (Å²) in [6.45, 7) is 1.17. The lowest BCUT2D eigenvalue weighted by Crippen LogP contribution is -2.12. The number of methoxy groups -OCH3 is 2. The van der Waals surface area contributed by atoms with Gasteiger partial charge in [0.1, 0.15) is 11.5 Å². The van der Waals surface area contributed by atoms with E-state index in [1.165, 1.54) is 21.1 Å². The maximum atomic E-state index is 12.5. The molecule has 8 nitrogen and oxygen atoms in total. The van der Waals surface area contributed by atoms with E-state index in [1.54, 1.807) is 48.5 Å². The molecular weight excluding hydrogens is 378 g/mol. The van der Waals surface area contributed by atoms with Crippen LogP contribution >= 0.6 is 0 Å². The van der Waals surface area contributed by atoms with Gasteiger partial charge in [-0.1, -0.05) is 18.2 Å². The van der Waals surface area contributed by atoms with Gasteiger partial charge in [-0.3, -0.25) is 14.9 Å². The fraction of sp³-hybridized carbons (Fsp3) is 0.143. The molecule has 0 aliphatic heterocycles. The van der Waals surface area contributed by atoms with Crippen LogP contribution in [-0.4, -0.2) is 31.2 Å². The third-order valence-corrected chi connectivity index (χ3v) is 3.96. The number of furan rings is 1. The van der Waals surface area contributed by atoms with Gasteiger partial charge in [0, 0.05) is 24.1 Å². The molecule has 0 radical (unpaired) electrons. The van der Waals surface area contributed by atoms with Crippen molar-refractivity contribution in [2.24, 2.45) is 0 Å². The number of amides is 1. The number of esters is 1. The second kappa shape index (κ2) is 8.39. The van der Waals surface area contributed by atoms with E-state index in [2.05, 4.69) is 5.32 Å². The number of benzene rings is 2. The van der Waals surface area contributed by atoms with Crippen LogP contribution in [0.3, 0.4) is 0 Å². The summed E-state index contributed by atoms with van der Waals surface area (Å²) in [4.78, 5) is 24.0. The van der Waals surface area contributed by atoms with Crippen LogP contribution in [0.4, 0.5) is 5.88 Å². The number of carbonyl (C=O) groups excluding carboxylic acids is 2. The van der Waals surface area contributed by atoms with Crippen molar-refractivity contribution in [3.63, 3.8) is 0 Å². The first-order valence-corrected chi connectivity index (χ1v) is 8.57. The van der Waals surface area contributed by atoms with Gasteiger partial charge in [0.05, 0.1) is 14.2 Å². The van der Waals surface area contributed by atoms with Gasteiger partial charge in [-0.05, 0) is 24.3 Å². The summed E-state index contributed by atoms with van der Waals surface area (Å²) in [7, 11) is 2.96. The van der Waals surface area contributed by atoms with Gasteiger partial charge in [0.2, 0.25) is 17.4 Å². The van der Waals surface area contributed by atoms with Gasteiger partial charge in [-0.2, -0.15) is 0 Å². The second-order valence-electron chi connectivity index (χ2n) is 5.95. The highest BCUT2D eigenvalue weighted by Gasteiger charge is 2.26. The van der Waals surface area contributed by atoms with Gasteiger partial charge in [-0.25, -0.2) is 0 Å². The van der Waals surface area contributed by atoms with E-state index in [1.807, 2.05) is 0 Å². The zero-order valence-corrected chi connectivity index (χ0v) is 16.0. The lowest BCUT2D eigenvalue weighted by atomic mass is 10.1. The normalized spacial score (nSPS) is 10.3. The minimum Gasteiger partial charge on any atom is -0.502 e. The molecule has 0 spiro atoms.